The van der Waals surface area contributed by atoms with E-state index in [1.165, 1.54) is 0 Å². The molecule has 94 valence electrons. The van der Waals surface area contributed by atoms with Gasteiger partial charge in [-0.1, -0.05) is 0 Å². The maximum absolute atomic E-state index is 0. The Kier molecular flexibility index (Phi) is 0. The fourth-order valence-electron chi connectivity index (χ4n) is 0. The Bertz CT molecular complexity index is 0. The Balaban J connectivity index is 0. The second-order valence-corrected chi connectivity index (χ2v) is 0. The zero-order valence-corrected chi connectivity index (χ0v) is 334. The van der Waals surface area contributed by atoms with Gasteiger partial charge in [-0.25, -0.2) is 0 Å². The first-order valence-electron chi connectivity index (χ1n) is 0. The van der Waals surface area contributed by atoms with Gasteiger partial charge in [0.15, 0.2) is 0 Å². The molecule has 0 aromatic carbocycles. The Morgan fingerprint density at radius 1 is 0.0213 bits per heavy atom. The summed E-state index contributed by atoms with van der Waals surface area (Å²) in [5.41, 5.74) is 0. The summed E-state index contributed by atoms with van der Waals surface area (Å²) in [4.78, 5) is 0. The number of hydrogen-bond acceptors (Lipinski definition) is 0. The van der Waals surface area contributed by atoms with Crippen LogP contribution >= 0.6 is 0 Å². The summed E-state index contributed by atoms with van der Waals surface area (Å²) in [5, 5.41) is 0. The van der Waals surface area contributed by atoms with Crippen molar-refractivity contribution < 1.29 is 0 Å². The fourth-order valence-corrected chi connectivity index (χ4v) is 0. The standard InChI is InChI=1S/47Rf. The summed E-state index contributed by atoms with van der Waals surface area (Å²) in [5.74, 6) is 0. The van der Waals surface area contributed by atoms with Gasteiger partial charge in [0.05, 0.1) is 0 Å². The number of rotatable bonds is 0. The van der Waals surface area contributed by atoms with E-state index in [0.717, 1.165) is 0 Å². The van der Waals surface area contributed by atoms with Gasteiger partial charge in [0, 0.05) is 0 Å². The number of hydrogen-bond donors (Lipinski definition) is 0. The van der Waals surface area contributed by atoms with Crippen molar-refractivity contribution in [3.63, 3.8) is 0 Å². The molecule has 0 aliphatic carbocycles. The van der Waals surface area contributed by atoms with Gasteiger partial charge in [0.25, 0.3) is 0 Å². The van der Waals surface area contributed by atoms with Gasteiger partial charge in [0.1, 0.15) is 0 Å². The van der Waals surface area contributed by atoms with Crippen LogP contribution in [-0.4, -0.2) is 0 Å². The summed E-state index contributed by atoms with van der Waals surface area (Å²) in [6.45, 7) is 0. The maximum Gasteiger partial charge on any atom is 0 e. The first-order valence-corrected chi connectivity index (χ1v) is 0. The molecule has 47 heavy (non-hydrogen) atoms. The molecule has 0 saturated heterocycles. The van der Waals surface area contributed by atoms with Crippen LogP contribution < -0.4 is 0 Å². The summed E-state index contributed by atoms with van der Waals surface area (Å²) in [7, 11) is 0. The van der Waals surface area contributed by atoms with E-state index in [-0.39, 0.29) is 0 Å². The van der Waals surface area contributed by atoms with E-state index in [0.29, 0.717) is 0 Å². The largest absolute Gasteiger partial charge is 0 e. The zero-order valence-electron chi connectivity index (χ0n) is 33.2. The van der Waals surface area contributed by atoms with Crippen LogP contribution in [0.1, 0.15) is 0 Å². The van der Waals surface area contributed by atoms with Crippen molar-refractivity contribution in [2.45, 2.75) is 0 Å². The molecule has 0 fully saturated rings. The van der Waals surface area contributed by atoms with Crippen LogP contribution in [0.15, 0.2) is 0 Å². The molecule has 0 atom stereocenters. The summed E-state index contributed by atoms with van der Waals surface area (Å²) in [6.07, 6.45) is 0. The van der Waals surface area contributed by atoms with Crippen molar-refractivity contribution >= 4 is 0 Å². The molecule has 47 heteroatoms. The normalized spacial score (nSPS) is 0. The van der Waals surface area contributed by atoms with Crippen LogP contribution in [0, 0.1) is 0 Å². The van der Waals surface area contributed by atoms with Crippen molar-refractivity contribution in [1.29, 1.82) is 0 Å². The maximum atomic E-state index is 0. The van der Waals surface area contributed by atoms with Crippen molar-refractivity contribution in [3.8, 4) is 0 Å². The van der Waals surface area contributed by atoms with Gasteiger partial charge >= 0.3 is 0 Å². The van der Waals surface area contributed by atoms with Crippen LogP contribution in [0.2, 0.25) is 0 Å². The van der Waals surface area contributed by atoms with E-state index in [1.54, 1.807) is 0 Å². The quantitative estimate of drug-likeness (QED) is 0.321. The Labute approximate surface area is 0 Å². The molecule has 0 unspecified atom stereocenters. The second-order valence-electron chi connectivity index (χ2n) is 0. The Hall–Kier alpha value is -47.0. The van der Waals surface area contributed by atoms with E-state index in [1.807, 2.05) is 0 Å². The molecular weight excluding hydrogens is 12500 g/mol. The first kappa shape index (κ1) is 0. The molecule has 0 aliphatic rings. The molecule has 0 heterocycles. The van der Waals surface area contributed by atoms with Gasteiger partial charge in [-0.2, -0.15) is 0 Å². The van der Waals surface area contributed by atoms with Crippen LogP contribution in [0.3, 0.4) is 0 Å². The van der Waals surface area contributed by atoms with Crippen molar-refractivity contribution in [1.82, 2.24) is 0 Å². The topological polar surface area (TPSA) is 0 Å². The van der Waals surface area contributed by atoms with Crippen LogP contribution in [0.5, 0.6) is 0 Å². The smallest absolute Gasteiger partial charge is 0 e. The fraction of sp³-hybridized carbons (Fsp3) is 0. The molecule has 0 radical (unpaired) electrons. The third-order valence-electron chi connectivity index (χ3n) is 0. The van der Waals surface area contributed by atoms with E-state index < -0.39 is 0 Å². The van der Waals surface area contributed by atoms with E-state index >= 15 is 0 Å². The van der Waals surface area contributed by atoms with Crippen LogP contribution in [0.25, 0.3) is 0 Å². The molecule has 0 aromatic heterocycles. The minimum Gasteiger partial charge on any atom is 0 e. The minimum atomic E-state index is 0. The molecule has 0 nitrogen and oxygen atoms in total. The van der Waals surface area contributed by atoms with Gasteiger partial charge < -0.3 is 0 Å². The Morgan fingerprint density at radius 2 is 0.0213 bits per heavy atom. The van der Waals surface area contributed by atoms with Crippen molar-refractivity contribution in [3.05, 3.63) is 0 Å². The van der Waals surface area contributed by atoms with Crippen molar-refractivity contribution in [2.24, 2.45) is 0 Å². The molecule has 0 bridgehead atoms. The molecule has 0 spiro atoms. The molecule has 0 N–H and O–H groups in total. The van der Waals surface area contributed by atoms with Gasteiger partial charge in [-0.05, 0) is 0 Å². The molecule has 0 amide bonds. The second kappa shape index (κ2) is -0.00181. The summed E-state index contributed by atoms with van der Waals surface area (Å²) < 4.78 is 0. The molecule has 0 aliphatic heterocycles. The molecule has 0 saturated carbocycles. The average molecular weight is 12500 g/mol. The predicted octanol–water partition coefficient (Wildman–Crippen LogP) is 0. The zero-order chi connectivity index (χ0) is 0. The summed E-state index contributed by atoms with van der Waals surface area (Å²) >= 11 is 0. The first-order chi connectivity index (χ1) is 0. The van der Waals surface area contributed by atoms with Gasteiger partial charge in [-0.15, -0.1) is 0 Å². The molecule has 0 rings (SSSR count). The third-order valence-corrected chi connectivity index (χ3v) is 0. The van der Waals surface area contributed by atoms with E-state index in [4.69, 9.17) is 0 Å². The Morgan fingerprint density at radius 3 is 0.0213 bits per heavy atom. The monoisotopic (exact) mass is 12600 g/mol. The third kappa shape index (κ3) is -0.00407. The van der Waals surface area contributed by atoms with Crippen LogP contribution in [-0.2, 0) is 0 Å². The van der Waals surface area contributed by atoms with Gasteiger partial charge in [-0.3, -0.25) is 0 Å². The van der Waals surface area contributed by atoms with E-state index in [2.05, 4.69) is 0 Å². The van der Waals surface area contributed by atoms with Crippen LogP contribution in [0.4, 0.5) is 0 Å². The van der Waals surface area contributed by atoms with E-state index in [9.17, 15) is 0 Å². The van der Waals surface area contributed by atoms with Crippen molar-refractivity contribution in [2.75, 3.05) is 0 Å². The van der Waals surface area contributed by atoms with Gasteiger partial charge in [0.2, 0.25) is 0 Å². The summed E-state index contributed by atoms with van der Waals surface area (Å²) in [6, 6.07) is 0. The average Bonchev–Trinajstić information content (AvgIpc) is 0. The predicted molar refractivity (Wildman–Crippen MR) is 0 cm³/mol. The minimum absolute atomic E-state index is 0. The molecule has 0 aromatic rings. The SMILES string of the molecule is [Rf].[Rf].[Rf].[Rf].[Rf].[Rf].[Rf].[Rf].[Rf].[Rf].[Rf].[Rf].[Rf].[Rf].[Rf].[Rf].[Rf].[Rf].[Rf].[Rf].[Rf].[Rf].[Rf].[Rf].[Rf].[Rf].[Rf].[Rf].[Rf].[Rf].[Rf].[Rf].[Rf].[Rf].[Rf].[Rf].[Rf].[Rf].[Rf].[Rf].[Rf].[Rf].[Rf].[Rf].[Rf].[Rf].[Rf]. The molecular formula is Rf47.